The zero-order valence-electron chi connectivity index (χ0n) is 11.8. The summed E-state index contributed by atoms with van der Waals surface area (Å²) in [5, 5.41) is 10.6. The number of aliphatic hydroxyl groups is 1. The minimum atomic E-state index is -0.247. The van der Waals surface area contributed by atoms with Crippen molar-refractivity contribution < 1.29 is 9.90 Å². The van der Waals surface area contributed by atoms with Gasteiger partial charge in [0.1, 0.15) is 5.78 Å². The van der Waals surface area contributed by atoms with Gasteiger partial charge in [-0.3, -0.25) is 9.69 Å². The van der Waals surface area contributed by atoms with Gasteiger partial charge < -0.3 is 5.11 Å². The summed E-state index contributed by atoms with van der Waals surface area (Å²) in [4.78, 5) is 15.2. The summed E-state index contributed by atoms with van der Waals surface area (Å²) in [5.74, 6) is 1.33. The normalized spacial score (nSPS) is 56.6. The monoisotopic (exact) mass is 263 g/mol. The van der Waals surface area contributed by atoms with Crippen molar-refractivity contribution in [2.75, 3.05) is 13.1 Å². The van der Waals surface area contributed by atoms with Gasteiger partial charge in [0.15, 0.2) is 0 Å². The molecule has 2 bridgehead atoms. The molecule has 3 heteroatoms. The molecule has 19 heavy (non-hydrogen) atoms. The first-order chi connectivity index (χ1) is 9.14. The molecule has 2 saturated carbocycles. The molecule has 1 spiro atoms. The molecule has 3 nitrogen and oxygen atoms in total. The molecule has 2 heterocycles. The Morgan fingerprint density at radius 3 is 2.95 bits per heavy atom. The van der Waals surface area contributed by atoms with Crippen LogP contribution < -0.4 is 0 Å². The Hall–Kier alpha value is -0.410. The summed E-state index contributed by atoms with van der Waals surface area (Å²) >= 11 is 0. The second-order valence-electron chi connectivity index (χ2n) is 7.44. The van der Waals surface area contributed by atoms with E-state index in [1.807, 2.05) is 0 Å². The van der Waals surface area contributed by atoms with Crippen LogP contribution in [-0.4, -0.2) is 41.0 Å². The highest BCUT2D eigenvalue weighted by molar-refractivity contribution is 5.85. The maximum atomic E-state index is 12.5. The minimum absolute atomic E-state index is 0.137. The second-order valence-corrected chi connectivity index (χ2v) is 7.44. The molecular formula is C16H25NO2. The van der Waals surface area contributed by atoms with E-state index < -0.39 is 0 Å². The van der Waals surface area contributed by atoms with Gasteiger partial charge in [-0.05, 0) is 57.0 Å². The van der Waals surface area contributed by atoms with Crippen LogP contribution in [-0.2, 0) is 4.79 Å². The van der Waals surface area contributed by atoms with Gasteiger partial charge in [-0.15, -0.1) is 0 Å². The summed E-state index contributed by atoms with van der Waals surface area (Å²) in [6.07, 6.45) is 6.15. The van der Waals surface area contributed by atoms with Crippen LogP contribution in [0.4, 0.5) is 0 Å². The van der Waals surface area contributed by atoms with Gasteiger partial charge in [0.05, 0.1) is 6.10 Å². The van der Waals surface area contributed by atoms with E-state index in [-0.39, 0.29) is 23.4 Å². The maximum absolute atomic E-state index is 12.5. The van der Waals surface area contributed by atoms with Crippen molar-refractivity contribution in [1.82, 2.24) is 4.90 Å². The minimum Gasteiger partial charge on any atom is -0.393 e. The van der Waals surface area contributed by atoms with Crippen LogP contribution in [0.2, 0.25) is 0 Å². The van der Waals surface area contributed by atoms with E-state index in [0.717, 1.165) is 12.8 Å². The number of nitrogens with zero attached hydrogens (tertiary/aromatic N) is 1. The third-order valence-electron chi connectivity index (χ3n) is 6.79. The third-order valence-corrected chi connectivity index (χ3v) is 6.79. The molecule has 0 aromatic carbocycles. The van der Waals surface area contributed by atoms with Crippen LogP contribution in [0.1, 0.15) is 45.4 Å². The van der Waals surface area contributed by atoms with E-state index >= 15 is 0 Å². The molecule has 1 N–H and O–H groups in total. The second kappa shape index (κ2) is 4.05. The fourth-order valence-corrected chi connectivity index (χ4v) is 6.09. The van der Waals surface area contributed by atoms with Crippen LogP contribution in [0.5, 0.6) is 0 Å². The van der Waals surface area contributed by atoms with Crippen molar-refractivity contribution in [1.29, 1.82) is 0 Å². The van der Waals surface area contributed by atoms with Crippen LogP contribution in [0.25, 0.3) is 0 Å². The van der Waals surface area contributed by atoms with Gasteiger partial charge in [0.25, 0.3) is 0 Å². The maximum Gasteiger partial charge on any atom is 0.137 e. The number of hydrogen-bond acceptors (Lipinski definition) is 3. The molecule has 2 aliphatic heterocycles. The first-order valence-corrected chi connectivity index (χ1v) is 8.09. The summed E-state index contributed by atoms with van der Waals surface area (Å²) in [7, 11) is 0. The summed E-state index contributed by atoms with van der Waals surface area (Å²) in [6, 6.07) is 0.573. The number of ketones is 1. The molecular weight excluding hydrogens is 238 g/mol. The predicted molar refractivity (Wildman–Crippen MR) is 72.7 cm³/mol. The Labute approximate surface area is 115 Å². The fraction of sp³-hybridized carbons (Fsp3) is 0.938. The Balaban J connectivity index is 1.85. The van der Waals surface area contributed by atoms with Crippen molar-refractivity contribution in [3.05, 3.63) is 0 Å². The van der Waals surface area contributed by atoms with Crippen LogP contribution in [0, 0.1) is 23.2 Å². The number of Topliss-reactive ketones (excluding diaryl/α,β-unsaturated/α-hetero) is 1. The first kappa shape index (κ1) is 12.3. The van der Waals surface area contributed by atoms with Gasteiger partial charge in [0, 0.05) is 23.8 Å². The standard InChI is InChI=1S/C16H25NO2/c1-10-8-14-16-5-3-7-17(14)6-2-4-11(16)13(18)9-12(16)15(10)19/h10-12,14-15,19H,2-9H2,1H3/t10-,11+,12+,14-,15-,16+/m0/s1. The van der Waals surface area contributed by atoms with Gasteiger partial charge in [0.2, 0.25) is 0 Å². The lowest BCUT2D eigenvalue weighted by atomic mass is 9.54. The molecule has 2 aliphatic carbocycles. The average Bonchev–Trinajstić information content (AvgIpc) is 2.62. The smallest absolute Gasteiger partial charge is 0.137 e. The largest absolute Gasteiger partial charge is 0.393 e. The lowest BCUT2D eigenvalue weighted by molar-refractivity contribution is -0.135. The highest BCUT2D eigenvalue weighted by Gasteiger charge is 2.65. The zero-order chi connectivity index (χ0) is 13.2. The number of aliphatic hydroxyl groups excluding tert-OH is 1. The van der Waals surface area contributed by atoms with Crippen molar-refractivity contribution in [3.8, 4) is 0 Å². The van der Waals surface area contributed by atoms with E-state index in [0.29, 0.717) is 24.2 Å². The van der Waals surface area contributed by atoms with Gasteiger partial charge in [-0.25, -0.2) is 0 Å². The average molecular weight is 263 g/mol. The number of piperidine rings is 1. The Bertz CT molecular complexity index is 410. The Morgan fingerprint density at radius 1 is 1.32 bits per heavy atom. The number of carbonyl (C=O) groups is 1. The van der Waals surface area contributed by atoms with E-state index in [2.05, 4.69) is 11.8 Å². The quantitative estimate of drug-likeness (QED) is 0.725. The van der Waals surface area contributed by atoms with Gasteiger partial charge in [-0.2, -0.15) is 0 Å². The molecule has 4 fully saturated rings. The van der Waals surface area contributed by atoms with Crippen molar-refractivity contribution in [2.45, 2.75) is 57.6 Å². The fourth-order valence-electron chi connectivity index (χ4n) is 6.09. The molecule has 0 amide bonds. The molecule has 4 aliphatic rings. The zero-order valence-corrected chi connectivity index (χ0v) is 11.8. The van der Waals surface area contributed by atoms with Crippen LogP contribution >= 0.6 is 0 Å². The molecule has 0 aromatic rings. The highest BCUT2D eigenvalue weighted by atomic mass is 16.3. The molecule has 0 aromatic heterocycles. The van der Waals surface area contributed by atoms with Crippen LogP contribution in [0.15, 0.2) is 0 Å². The van der Waals surface area contributed by atoms with E-state index in [1.165, 1.54) is 32.4 Å². The first-order valence-electron chi connectivity index (χ1n) is 8.09. The molecule has 4 rings (SSSR count). The van der Waals surface area contributed by atoms with Crippen molar-refractivity contribution in [3.63, 3.8) is 0 Å². The topological polar surface area (TPSA) is 40.5 Å². The molecule has 7 atom stereocenters. The number of hydrogen-bond donors (Lipinski definition) is 1. The summed E-state index contributed by atoms with van der Waals surface area (Å²) < 4.78 is 0. The Kier molecular flexibility index (Phi) is 2.63. The Morgan fingerprint density at radius 2 is 2.11 bits per heavy atom. The molecule has 0 radical (unpaired) electrons. The van der Waals surface area contributed by atoms with Crippen LogP contribution in [0.3, 0.4) is 0 Å². The van der Waals surface area contributed by atoms with E-state index in [1.54, 1.807) is 0 Å². The number of carbonyl (C=O) groups excluding carboxylic acids is 1. The van der Waals surface area contributed by atoms with Gasteiger partial charge >= 0.3 is 0 Å². The third kappa shape index (κ3) is 1.43. The SMILES string of the molecule is C[C@H]1C[C@@H]2N3CCC[C@@H]4C(=O)C[C@H]([C@H]1O)[C@@]42CCC3. The lowest BCUT2D eigenvalue weighted by Crippen LogP contribution is -2.61. The van der Waals surface area contributed by atoms with E-state index in [9.17, 15) is 9.90 Å². The molecule has 1 unspecified atom stereocenters. The van der Waals surface area contributed by atoms with Crippen molar-refractivity contribution >= 4 is 5.78 Å². The van der Waals surface area contributed by atoms with Crippen molar-refractivity contribution in [2.24, 2.45) is 23.2 Å². The summed E-state index contributed by atoms with van der Waals surface area (Å²) in [5.41, 5.74) is 0.137. The number of rotatable bonds is 0. The lowest BCUT2D eigenvalue weighted by Gasteiger charge is -2.57. The summed E-state index contributed by atoms with van der Waals surface area (Å²) in [6.45, 7) is 4.56. The predicted octanol–water partition coefficient (Wildman–Crippen LogP) is 1.84. The highest BCUT2D eigenvalue weighted by Crippen LogP contribution is 2.62. The van der Waals surface area contributed by atoms with Gasteiger partial charge in [-0.1, -0.05) is 6.92 Å². The van der Waals surface area contributed by atoms with E-state index in [4.69, 9.17) is 0 Å². The molecule has 2 saturated heterocycles. The molecule has 106 valence electrons.